The number of anilines is 1. The van der Waals surface area contributed by atoms with Crippen LogP contribution in [0, 0.1) is 12.8 Å². The standard InChI is InChI=1S/C12H21N5O/c1-5-8(3)7-10(6-2)15-17-12-13-11(18)9(4)14-16-12/h8H,5-7H2,1-4H3,(H2,13,16,17,18)/t8-/m0/s1. The van der Waals surface area contributed by atoms with Crippen LogP contribution >= 0.6 is 0 Å². The third-order valence-electron chi connectivity index (χ3n) is 2.87. The molecule has 0 bridgehead atoms. The van der Waals surface area contributed by atoms with Crippen LogP contribution in [0.1, 0.15) is 45.7 Å². The summed E-state index contributed by atoms with van der Waals surface area (Å²) in [6.07, 6.45) is 2.95. The maximum atomic E-state index is 11.3. The van der Waals surface area contributed by atoms with Gasteiger partial charge in [0, 0.05) is 5.71 Å². The molecule has 1 aromatic rings. The summed E-state index contributed by atoms with van der Waals surface area (Å²) >= 11 is 0. The minimum Gasteiger partial charge on any atom is -0.288 e. The van der Waals surface area contributed by atoms with E-state index in [2.05, 4.69) is 46.5 Å². The van der Waals surface area contributed by atoms with Gasteiger partial charge in [-0.3, -0.25) is 9.78 Å². The van der Waals surface area contributed by atoms with Gasteiger partial charge in [0.15, 0.2) is 0 Å². The first-order valence-electron chi connectivity index (χ1n) is 6.31. The van der Waals surface area contributed by atoms with Crippen molar-refractivity contribution in [3.8, 4) is 0 Å². The topological polar surface area (TPSA) is 83.0 Å². The summed E-state index contributed by atoms with van der Waals surface area (Å²) in [5.74, 6) is 0.884. The number of hydrogen-bond acceptors (Lipinski definition) is 5. The predicted molar refractivity (Wildman–Crippen MR) is 72.8 cm³/mol. The highest BCUT2D eigenvalue weighted by Crippen LogP contribution is 2.09. The van der Waals surface area contributed by atoms with Crippen LogP contribution in [0.5, 0.6) is 0 Å². The molecule has 0 unspecified atom stereocenters. The number of hydrazone groups is 1. The molecule has 0 saturated heterocycles. The van der Waals surface area contributed by atoms with Crippen molar-refractivity contribution in [3.05, 3.63) is 16.0 Å². The lowest BCUT2D eigenvalue weighted by Crippen LogP contribution is -2.16. The maximum absolute atomic E-state index is 11.3. The highest BCUT2D eigenvalue weighted by Gasteiger charge is 2.04. The van der Waals surface area contributed by atoms with Crippen molar-refractivity contribution in [1.29, 1.82) is 0 Å². The average Bonchev–Trinajstić information content (AvgIpc) is 2.38. The monoisotopic (exact) mass is 251 g/mol. The molecule has 1 aromatic heterocycles. The van der Waals surface area contributed by atoms with Crippen LogP contribution < -0.4 is 11.0 Å². The molecule has 6 nitrogen and oxygen atoms in total. The zero-order valence-corrected chi connectivity index (χ0v) is 11.4. The quantitative estimate of drug-likeness (QED) is 0.599. The average molecular weight is 251 g/mol. The van der Waals surface area contributed by atoms with E-state index in [1.54, 1.807) is 6.92 Å². The second-order valence-electron chi connectivity index (χ2n) is 4.45. The molecule has 100 valence electrons. The minimum atomic E-state index is -0.248. The molecular formula is C12H21N5O. The lowest BCUT2D eigenvalue weighted by atomic mass is 10.0. The molecule has 18 heavy (non-hydrogen) atoms. The number of rotatable bonds is 6. The van der Waals surface area contributed by atoms with Crippen molar-refractivity contribution in [2.75, 3.05) is 5.43 Å². The largest absolute Gasteiger partial charge is 0.288 e. The molecule has 0 amide bonds. The Balaban J connectivity index is 2.70. The van der Waals surface area contributed by atoms with Gasteiger partial charge >= 0.3 is 0 Å². The van der Waals surface area contributed by atoms with Gasteiger partial charge in [-0.2, -0.15) is 5.10 Å². The number of aromatic amines is 1. The first-order valence-corrected chi connectivity index (χ1v) is 6.31. The second kappa shape index (κ2) is 6.88. The Bertz CT molecular complexity index is 466. The van der Waals surface area contributed by atoms with Gasteiger partial charge in [0.2, 0.25) is 5.95 Å². The van der Waals surface area contributed by atoms with E-state index in [9.17, 15) is 4.79 Å². The van der Waals surface area contributed by atoms with Crippen LogP contribution in [0.4, 0.5) is 5.95 Å². The zero-order chi connectivity index (χ0) is 13.5. The van der Waals surface area contributed by atoms with Crippen LogP contribution in [0.2, 0.25) is 0 Å². The van der Waals surface area contributed by atoms with Gasteiger partial charge in [0.25, 0.3) is 5.56 Å². The van der Waals surface area contributed by atoms with Gasteiger partial charge in [0.05, 0.1) is 0 Å². The molecule has 0 aliphatic rings. The van der Waals surface area contributed by atoms with E-state index in [1.807, 2.05) is 0 Å². The third kappa shape index (κ3) is 4.27. The van der Waals surface area contributed by atoms with Crippen molar-refractivity contribution < 1.29 is 0 Å². The van der Waals surface area contributed by atoms with Gasteiger partial charge in [-0.05, 0) is 25.7 Å². The maximum Gasteiger partial charge on any atom is 0.274 e. The zero-order valence-electron chi connectivity index (χ0n) is 11.4. The highest BCUT2D eigenvalue weighted by molar-refractivity contribution is 5.84. The predicted octanol–water partition coefficient (Wildman–Crippen LogP) is 2.09. The summed E-state index contributed by atoms with van der Waals surface area (Å²) in [7, 11) is 0. The van der Waals surface area contributed by atoms with Crippen LogP contribution in [-0.2, 0) is 0 Å². The van der Waals surface area contributed by atoms with Crippen LogP contribution in [-0.4, -0.2) is 20.9 Å². The molecule has 2 N–H and O–H groups in total. The molecule has 0 aliphatic heterocycles. The van der Waals surface area contributed by atoms with Gasteiger partial charge < -0.3 is 0 Å². The second-order valence-corrected chi connectivity index (χ2v) is 4.45. The summed E-state index contributed by atoms with van der Waals surface area (Å²) in [5.41, 5.74) is 3.91. The van der Waals surface area contributed by atoms with E-state index in [1.165, 1.54) is 0 Å². The Morgan fingerprint density at radius 3 is 2.72 bits per heavy atom. The molecule has 1 rings (SSSR count). The van der Waals surface area contributed by atoms with Crippen molar-refractivity contribution in [2.24, 2.45) is 11.0 Å². The first-order chi connectivity index (χ1) is 8.56. The summed E-state index contributed by atoms with van der Waals surface area (Å²) in [5, 5.41) is 11.8. The molecule has 6 heteroatoms. The Hall–Kier alpha value is -1.72. The van der Waals surface area contributed by atoms with E-state index in [4.69, 9.17) is 0 Å². The van der Waals surface area contributed by atoms with Crippen molar-refractivity contribution in [2.45, 2.75) is 47.0 Å². The van der Waals surface area contributed by atoms with Gasteiger partial charge in [0.1, 0.15) is 5.69 Å². The molecule has 0 aliphatic carbocycles. The number of nitrogens with one attached hydrogen (secondary N) is 2. The summed E-state index contributed by atoms with van der Waals surface area (Å²) in [6.45, 7) is 8.03. The molecule has 0 fully saturated rings. The number of H-pyrrole nitrogens is 1. The van der Waals surface area contributed by atoms with Crippen LogP contribution in [0.15, 0.2) is 9.90 Å². The lowest BCUT2D eigenvalue weighted by molar-refractivity contribution is 0.583. The van der Waals surface area contributed by atoms with Crippen LogP contribution in [0.25, 0.3) is 0 Å². The molecule has 1 atom stereocenters. The smallest absolute Gasteiger partial charge is 0.274 e. The van der Waals surface area contributed by atoms with Crippen LogP contribution in [0.3, 0.4) is 0 Å². The first kappa shape index (κ1) is 14.3. The van der Waals surface area contributed by atoms with Gasteiger partial charge in [-0.15, -0.1) is 10.2 Å². The number of aryl methyl sites for hydroxylation is 1. The Morgan fingerprint density at radius 1 is 1.44 bits per heavy atom. The molecule has 0 aromatic carbocycles. The van der Waals surface area contributed by atoms with Gasteiger partial charge in [-0.1, -0.05) is 27.2 Å². The minimum absolute atomic E-state index is 0.248. The Kier molecular flexibility index (Phi) is 5.48. The molecule has 0 saturated carbocycles. The normalized spacial score (nSPS) is 13.4. The lowest BCUT2D eigenvalue weighted by Gasteiger charge is -2.09. The molecular weight excluding hydrogens is 230 g/mol. The molecule has 1 heterocycles. The summed E-state index contributed by atoms with van der Waals surface area (Å²) < 4.78 is 0. The van der Waals surface area contributed by atoms with E-state index < -0.39 is 0 Å². The van der Waals surface area contributed by atoms with Gasteiger partial charge in [-0.25, -0.2) is 5.43 Å². The summed E-state index contributed by atoms with van der Waals surface area (Å²) in [6, 6.07) is 0. The fourth-order valence-electron chi connectivity index (χ4n) is 1.39. The van der Waals surface area contributed by atoms with E-state index >= 15 is 0 Å². The number of nitrogens with zero attached hydrogens (tertiary/aromatic N) is 3. The van der Waals surface area contributed by atoms with E-state index in [-0.39, 0.29) is 11.5 Å². The summed E-state index contributed by atoms with van der Waals surface area (Å²) in [4.78, 5) is 13.9. The SMILES string of the molecule is CCC(C[C@@H](C)CC)=NNc1nnc(C)c(=O)[nH]1. The molecule has 0 radical (unpaired) electrons. The fraction of sp³-hybridized carbons (Fsp3) is 0.667. The van der Waals surface area contributed by atoms with Crippen molar-refractivity contribution >= 4 is 11.7 Å². The third-order valence-corrected chi connectivity index (χ3v) is 2.87. The highest BCUT2D eigenvalue weighted by atomic mass is 16.1. The Labute approximate surface area is 107 Å². The van der Waals surface area contributed by atoms with Crippen molar-refractivity contribution in [3.63, 3.8) is 0 Å². The van der Waals surface area contributed by atoms with Crippen molar-refractivity contribution in [1.82, 2.24) is 15.2 Å². The van der Waals surface area contributed by atoms with E-state index in [0.717, 1.165) is 25.0 Å². The Morgan fingerprint density at radius 2 is 2.17 bits per heavy atom. The number of hydrogen-bond donors (Lipinski definition) is 2. The van der Waals surface area contributed by atoms with E-state index in [0.29, 0.717) is 11.6 Å². The molecule has 0 spiro atoms. The fourth-order valence-corrected chi connectivity index (χ4v) is 1.39. The number of aromatic nitrogens is 3.